The molecule has 1 saturated heterocycles. The molecule has 0 bridgehead atoms. The molecule has 2 aliphatic rings. The average Bonchev–Trinajstić information content (AvgIpc) is 3.75. The van der Waals surface area contributed by atoms with Gasteiger partial charge in [0.1, 0.15) is 23.9 Å². The van der Waals surface area contributed by atoms with Crippen LogP contribution in [0.25, 0.3) is 5.69 Å². The van der Waals surface area contributed by atoms with Crippen LogP contribution in [-0.4, -0.2) is 67.9 Å². The van der Waals surface area contributed by atoms with Crippen molar-refractivity contribution in [3.05, 3.63) is 76.2 Å². The Morgan fingerprint density at radius 1 is 1.02 bits per heavy atom. The topological polar surface area (TPSA) is 137 Å². The van der Waals surface area contributed by atoms with Crippen molar-refractivity contribution < 1.29 is 31.5 Å². The number of aromatic nitrogens is 2. The van der Waals surface area contributed by atoms with Gasteiger partial charge in [-0.2, -0.15) is 14.1 Å². The SMILES string of the molecule is CC(C)C(=O)OCC1(COc2c(N3CCN(S(=O)(=O)Cc4ccc(N)cc4)CC3)cnn(-c3cc(F)cc(F)c3)c2=O)CC1. The van der Waals surface area contributed by atoms with Gasteiger partial charge in [0.15, 0.2) is 0 Å². The van der Waals surface area contributed by atoms with Crippen LogP contribution in [0.3, 0.4) is 0 Å². The van der Waals surface area contributed by atoms with Crippen LogP contribution >= 0.6 is 0 Å². The molecule has 0 spiro atoms. The molecule has 2 aromatic carbocycles. The Morgan fingerprint density at radius 2 is 1.66 bits per heavy atom. The van der Waals surface area contributed by atoms with E-state index in [9.17, 15) is 26.8 Å². The molecule has 3 aromatic rings. The van der Waals surface area contributed by atoms with Crippen LogP contribution < -0.4 is 20.9 Å². The van der Waals surface area contributed by atoms with Crippen molar-refractivity contribution in [1.82, 2.24) is 14.1 Å². The Bertz CT molecular complexity index is 1660. The quantitative estimate of drug-likeness (QED) is 0.250. The van der Waals surface area contributed by atoms with Crippen molar-refractivity contribution in [3.63, 3.8) is 0 Å². The summed E-state index contributed by atoms with van der Waals surface area (Å²) >= 11 is 0. The normalized spacial score (nSPS) is 16.6. The van der Waals surface area contributed by atoms with Gasteiger partial charge in [-0.3, -0.25) is 9.59 Å². The van der Waals surface area contributed by atoms with Gasteiger partial charge in [-0.25, -0.2) is 17.2 Å². The molecule has 0 amide bonds. The Hall–Kier alpha value is -4.04. The number of hydrogen-bond acceptors (Lipinski definition) is 9. The molecule has 0 unspecified atom stereocenters. The fourth-order valence-electron chi connectivity index (χ4n) is 4.88. The number of piperazine rings is 1. The summed E-state index contributed by atoms with van der Waals surface area (Å²) in [5.41, 5.74) is 5.89. The van der Waals surface area contributed by atoms with Crippen LogP contribution in [0.2, 0.25) is 0 Å². The van der Waals surface area contributed by atoms with Crippen molar-refractivity contribution >= 4 is 27.4 Å². The summed E-state index contributed by atoms with van der Waals surface area (Å²) in [4.78, 5) is 27.5. The summed E-state index contributed by atoms with van der Waals surface area (Å²) in [7, 11) is -3.62. The average molecular weight is 632 g/mol. The smallest absolute Gasteiger partial charge is 0.316 e. The zero-order valence-electron chi connectivity index (χ0n) is 24.5. The molecule has 1 saturated carbocycles. The van der Waals surface area contributed by atoms with Crippen LogP contribution in [0.4, 0.5) is 20.2 Å². The second-order valence-corrected chi connectivity index (χ2v) is 13.6. The summed E-state index contributed by atoms with van der Waals surface area (Å²) in [5.74, 6) is -2.63. The number of benzene rings is 2. The number of nitrogen functional groups attached to an aromatic ring is 1. The number of ether oxygens (including phenoxy) is 2. The van der Waals surface area contributed by atoms with E-state index in [0.29, 0.717) is 23.0 Å². The fraction of sp³-hybridized carbons (Fsp3) is 0.433. The molecule has 1 aliphatic carbocycles. The molecule has 11 nitrogen and oxygen atoms in total. The number of anilines is 2. The van der Waals surface area contributed by atoms with E-state index in [1.165, 1.54) is 10.5 Å². The minimum atomic E-state index is -3.62. The van der Waals surface area contributed by atoms with Gasteiger partial charge >= 0.3 is 11.5 Å². The van der Waals surface area contributed by atoms with E-state index in [0.717, 1.165) is 29.7 Å². The maximum atomic E-state index is 14.0. The highest BCUT2D eigenvalue weighted by atomic mass is 32.2. The molecule has 14 heteroatoms. The number of rotatable bonds is 11. The highest BCUT2D eigenvalue weighted by molar-refractivity contribution is 7.88. The second kappa shape index (κ2) is 12.5. The highest BCUT2D eigenvalue weighted by Gasteiger charge is 2.45. The number of carbonyl (C=O) groups is 1. The number of carbonyl (C=O) groups excluding carboxylic acids is 1. The van der Waals surface area contributed by atoms with Crippen molar-refractivity contribution in [2.24, 2.45) is 11.3 Å². The highest BCUT2D eigenvalue weighted by Crippen LogP contribution is 2.46. The molecule has 2 heterocycles. The van der Waals surface area contributed by atoms with Crippen LogP contribution in [0.1, 0.15) is 32.3 Å². The largest absolute Gasteiger partial charge is 0.485 e. The lowest BCUT2D eigenvalue weighted by atomic mass is 10.1. The van der Waals surface area contributed by atoms with Gasteiger partial charge in [0, 0.05) is 43.3 Å². The first-order valence-corrected chi connectivity index (χ1v) is 15.9. The van der Waals surface area contributed by atoms with Gasteiger partial charge in [-0.1, -0.05) is 26.0 Å². The van der Waals surface area contributed by atoms with Crippen molar-refractivity contribution in [1.29, 1.82) is 0 Å². The minimum Gasteiger partial charge on any atom is -0.485 e. The summed E-state index contributed by atoms with van der Waals surface area (Å²) in [6, 6.07) is 9.31. The van der Waals surface area contributed by atoms with Gasteiger partial charge in [-0.15, -0.1) is 0 Å². The predicted molar refractivity (Wildman–Crippen MR) is 160 cm³/mol. The van der Waals surface area contributed by atoms with Crippen molar-refractivity contribution in [2.75, 3.05) is 50.0 Å². The van der Waals surface area contributed by atoms with E-state index in [4.69, 9.17) is 15.2 Å². The standard InChI is InChI=1S/C30H35F2N5O6S/c1-20(2)29(39)43-19-30(7-8-30)18-42-27-26(16-34-37(28(27)38)25-14-22(31)13-23(32)15-25)35-9-11-36(12-10-35)44(40,41)17-21-3-5-24(33)6-4-21/h3-6,13-16,20H,7-12,17-19,33H2,1-2H3. The van der Waals surface area contributed by atoms with Gasteiger partial charge in [0.25, 0.3) is 0 Å². The summed E-state index contributed by atoms with van der Waals surface area (Å²) in [6.07, 6.45) is 2.83. The van der Waals surface area contributed by atoms with Crippen LogP contribution in [-0.2, 0) is 25.3 Å². The Balaban J connectivity index is 1.37. The van der Waals surface area contributed by atoms with E-state index in [2.05, 4.69) is 5.10 Å². The summed E-state index contributed by atoms with van der Waals surface area (Å²) < 4.78 is 68.0. The number of sulfonamides is 1. The number of halogens is 2. The zero-order chi connectivity index (χ0) is 31.6. The van der Waals surface area contributed by atoms with Gasteiger partial charge in [0.2, 0.25) is 15.8 Å². The summed E-state index contributed by atoms with van der Waals surface area (Å²) in [5, 5.41) is 4.17. The first-order chi connectivity index (χ1) is 20.9. The van der Waals surface area contributed by atoms with Crippen LogP contribution in [0, 0.1) is 23.0 Å². The molecule has 44 heavy (non-hydrogen) atoms. The second-order valence-electron chi connectivity index (χ2n) is 11.6. The Morgan fingerprint density at radius 3 is 2.25 bits per heavy atom. The van der Waals surface area contributed by atoms with Crippen molar-refractivity contribution in [3.8, 4) is 11.4 Å². The maximum absolute atomic E-state index is 14.0. The molecule has 236 valence electrons. The Labute approximate surface area is 254 Å². The molecular formula is C30H35F2N5O6S. The first-order valence-electron chi connectivity index (χ1n) is 14.3. The van der Waals surface area contributed by atoms with Crippen molar-refractivity contribution in [2.45, 2.75) is 32.4 Å². The Kier molecular flexibility index (Phi) is 8.93. The fourth-order valence-corrected chi connectivity index (χ4v) is 6.40. The number of hydrogen-bond donors (Lipinski definition) is 1. The van der Waals surface area contributed by atoms with E-state index < -0.39 is 32.6 Å². The van der Waals surface area contributed by atoms with E-state index in [-0.39, 0.29) is 68.5 Å². The van der Waals surface area contributed by atoms with Gasteiger partial charge < -0.3 is 20.1 Å². The molecule has 2 fully saturated rings. The molecule has 1 aliphatic heterocycles. The van der Waals surface area contributed by atoms with E-state index >= 15 is 0 Å². The molecule has 0 radical (unpaired) electrons. The zero-order valence-corrected chi connectivity index (χ0v) is 25.4. The van der Waals surface area contributed by atoms with Gasteiger partial charge in [-0.05, 0) is 42.7 Å². The van der Waals surface area contributed by atoms with Crippen LogP contribution in [0.15, 0.2) is 53.5 Å². The summed E-state index contributed by atoms with van der Waals surface area (Å²) in [6.45, 7) is 4.48. The molecule has 0 atom stereocenters. The third-order valence-corrected chi connectivity index (χ3v) is 9.63. The number of esters is 1. The van der Waals surface area contributed by atoms with E-state index in [1.807, 2.05) is 0 Å². The first kappa shape index (κ1) is 31.4. The van der Waals surface area contributed by atoms with Gasteiger partial charge in [0.05, 0.1) is 30.2 Å². The lowest BCUT2D eigenvalue weighted by Crippen LogP contribution is -2.49. The third-order valence-electron chi connectivity index (χ3n) is 7.78. The number of nitrogens with two attached hydrogens (primary N) is 1. The van der Waals surface area contributed by atoms with E-state index in [1.54, 1.807) is 43.0 Å². The maximum Gasteiger partial charge on any atom is 0.316 e. The number of nitrogens with zero attached hydrogens (tertiary/aromatic N) is 4. The monoisotopic (exact) mass is 631 g/mol. The third kappa shape index (κ3) is 7.18. The molecule has 2 N–H and O–H groups in total. The van der Waals surface area contributed by atoms with Crippen LogP contribution in [0.5, 0.6) is 5.75 Å². The molecular weight excluding hydrogens is 596 g/mol. The predicted octanol–water partition coefficient (Wildman–Crippen LogP) is 3.10. The molecule has 5 rings (SSSR count). The lowest BCUT2D eigenvalue weighted by molar-refractivity contribution is -0.149. The molecule has 1 aromatic heterocycles. The lowest BCUT2D eigenvalue weighted by Gasteiger charge is -2.35. The minimum absolute atomic E-state index is 0.0675.